The van der Waals surface area contributed by atoms with Crippen LogP contribution in [0.4, 0.5) is 14.5 Å². The molecule has 2 atom stereocenters. The highest BCUT2D eigenvalue weighted by Gasteiger charge is 2.35. The number of rotatable bonds is 3. The van der Waals surface area contributed by atoms with Crippen LogP contribution in [0.15, 0.2) is 46.2 Å². The summed E-state index contributed by atoms with van der Waals surface area (Å²) in [7, 11) is -3.91. The highest BCUT2D eigenvalue weighted by Crippen LogP contribution is 2.42. The first-order valence-corrected chi connectivity index (χ1v) is 10.7. The third-order valence-electron chi connectivity index (χ3n) is 5.72. The lowest BCUT2D eigenvalue weighted by Gasteiger charge is -2.17. The average molecular weight is 392 g/mol. The van der Waals surface area contributed by atoms with Crippen LogP contribution in [-0.4, -0.2) is 39.0 Å². The number of hydrogen-bond acceptors (Lipinski definition) is 4. The number of likely N-dealkylation sites (tertiary alicyclic amines) is 1. The zero-order valence-corrected chi connectivity index (χ0v) is 15.9. The second-order valence-corrected chi connectivity index (χ2v) is 9.15. The Morgan fingerprint density at radius 1 is 1.04 bits per heavy atom. The van der Waals surface area contributed by atoms with Crippen molar-refractivity contribution in [1.82, 2.24) is 4.90 Å². The second-order valence-electron chi connectivity index (χ2n) is 7.20. The van der Waals surface area contributed by atoms with Gasteiger partial charge in [0.2, 0.25) is 9.84 Å². The topological polar surface area (TPSA) is 49.4 Å². The van der Waals surface area contributed by atoms with E-state index in [1.807, 2.05) is 0 Å². The number of sulfone groups is 1. The summed E-state index contributed by atoms with van der Waals surface area (Å²) in [5.74, 6) is -1.96. The molecule has 0 unspecified atom stereocenters. The molecule has 144 valence electrons. The maximum absolute atomic E-state index is 13.5. The SMILES string of the molecule is CCN1CC[C@@H]2c3cc(S(=O)(=O)c4ccc(F)c(F)c4)ccc3N[C@@H]2CC1. The van der Waals surface area contributed by atoms with Gasteiger partial charge in [0, 0.05) is 24.2 Å². The molecule has 7 heteroatoms. The highest BCUT2D eigenvalue weighted by molar-refractivity contribution is 7.91. The first-order chi connectivity index (χ1) is 12.9. The minimum Gasteiger partial charge on any atom is -0.381 e. The molecule has 4 rings (SSSR count). The minimum atomic E-state index is -3.91. The fourth-order valence-corrected chi connectivity index (χ4v) is 5.45. The van der Waals surface area contributed by atoms with E-state index in [1.54, 1.807) is 12.1 Å². The molecule has 2 heterocycles. The zero-order chi connectivity index (χ0) is 19.2. The Balaban J connectivity index is 1.69. The van der Waals surface area contributed by atoms with Gasteiger partial charge < -0.3 is 10.2 Å². The number of benzene rings is 2. The van der Waals surface area contributed by atoms with Crippen LogP contribution in [0.3, 0.4) is 0 Å². The lowest BCUT2D eigenvalue weighted by molar-refractivity contribution is 0.298. The first kappa shape index (κ1) is 18.4. The summed E-state index contributed by atoms with van der Waals surface area (Å²) >= 11 is 0. The third-order valence-corrected chi connectivity index (χ3v) is 7.47. The molecule has 4 nitrogen and oxygen atoms in total. The van der Waals surface area contributed by atoms with Crippen LogP contribution < -0.4 is 5.32 Å². The Morgan fingerprint density at radius 2 is 1.74 bits per heavy atom. The predicted octanol–water partition coefficient (Wildman–Crippen LogP) is 3.79. The number of anilines is 1. The Bertz CT molecular complexity index is 978. The molecule has 2 aliphatic rings. The van der Waals surface area contributed by atoms with E-state index in [2.05, 4.69) is 17.1 Å². The van der Waals surface area contributed by atoms with Gasteiger partial charge in [-0.2, -0.15) is 0 Å². The van der Waals surface area contributed by atoms with E-state index in [1.165, 1.54) is 6.07 Å². The number of nitrogens with zero attached hydrogens (tertiary/aromatic N) is 1. The van der Waals surface area contributed by atoms with Crippen LogP contribution in [0, 0.1) is 11.6 Å². The molecule has 0 aromatic heterocycles. The number of hydrogen-bond donors (Lipinski definition) is 1. The van der Waals surface area contributed by atoms with E-state index >= 15 is 0 Å². The van der Waals surface area contributed by atoms with E-state index in [9.17, 15) is 17.2 Å². The van der Waals surface area contributed by atoms with Crippen molar-refractivity contribution in [3.05, 3.63) is 53.6 Å². The largest absolute Gasteiger partial charge is 0.381 e. The molecule has 0 amide bonds. The monoisotopic (exact) mass is 392 g/mol. The smallest absolute Gasteiger partial charge is 0.206 e. The second kappa shape index (κ2) is 6.87. The van der Waals surface area contributed by atoms with E-state index in [0.29, 0.717) is 6.04 Å². The number of fused-ring (bicyclic) bond motifs is 3. The highest BCUT2D eigenvalue weighted by atomic mass is 32.2. The fraction of sp³-hybridized carbons (Fsp3) is 0.400. The minimum absolute atomic E-state index is 0.117. The molecule has 0 aliphatic carbocycles. The van der Waals surface area contributed by atoms with Crippen molar-refractivity contribution in [1.29, 1.82) is 0 Å². The molecule has 0 bridgehead atoms. The summed E-state index contributed by atoms with van der Waals surface area (Å²) in [4.78, 5) is 2.29. The van der Waals surface area contributed by atoms with Crippen molar-refractivity contribution in [2.75, 3.05) is 25.0 Å². The summed E-state index contributed by atoms with van der Waals surface area (Å²) in [5, 5.41) is 3.52. The van der Waals surface area contributed by atoms with Gasteiger partial charge in [0.1, 0.15) is 0 Å². The molecule has 2 aromatic carbocycles. The summed E-state index contributed by atoms with van der Waals surface area (Å²) in [5.41, 5.74) is 1.97. The van der Waals surface area contributed by atoms with Gasteiger partial charge in [-0.25, -0.2) is 17.2 Å². The van der Waals surface area contributed by atoms with Crippen LogP contribution in [-0.2, 0) is 9.84 Å². The Hall–Kier alpha value is -1.99. The van der Waals surface area contributed by atoms with Crippen molar-refractivity contribution >= 4 is 15.5 Å². The Kier molecular flexibility index (Phi) is 4.68. The fourth-order valence-electron chi connectivity index (χ4n) is 4.14. The Morgan fingerprint density at radius 3 is 2.48 bits per heavy atom. The Labute approximate surface area is 158 Å². The lowest BCUT2D eigenvalue weighted by atomic mass is 9.91. The molecule has 1 N–H and O–H groups in total. The van der Waals surface area contributed by atoms with Crippen LogP contribution in [0.5, 0.6) is 0 Å². The average Bonchev–Trinajstić information content (AvgIpc) is 2.87. The quantitative estimate of drug-likeness (QED) is 0.808. The van der Waals surface area contributed by atoms with Crippen LogP contribution in [0.1, 0.15) is 31.2 Å². The van der Waals surface area contributed by atoms with Gasteiger partial charge in [-0.1, -0.05) is 6.92 Å². The first-order valence-electron chi connectivity index (χ1n) is 9.23. The molecule has 27 heavy (non-hydrogen) atoms. The van der Waals surface area contributed by atoms with E-state index < -0.39 is 21.5 Å². The van der Waals surface area contributed by atoms with Crippen molar-refractivity contribution in [2.45, 2.75) is 41.5 Å². The van der Waals surface area contributed by atoms with Gasteiger partial charge in [-0.15, -0.1) is 0 Å². The van der Waals surface area contributed by atoms with Gasteiger partial charge in [-0.05, 0) is 67.9 Å². The van der Waals surface area contributed by atoms with Gasteiger partial charge >= 0.3 is 0 Å². The van der Waals surface area contributed by atoms with Crippen molar-refractivity contribution in [3.8, 4) is 0 Å². The molecule has 1 fully saturated rings. The predicted molar refractivity (Wildman–Crippen MR) is 99.8 cm³/mol. The van der Waals surface area contributed by atoms with Gasteiger partial charge in [0.05, 0.1) is 9.79 Å². The van der Waals surface area contributed by atoms with Gasteiger partial charge in [0.15, 0.2) is 11.6 Å². The van der Waals surface area contributed by atoms with Crippen LogP contribution >= 0.6 is 0 Å². The number of nitrogens with one attached hydrogen (secondary N) is 1. The van der Waals surface area contributed by atoms with E-state index in [4.69, 9.17) is 0 Å². The summed E-state index contributed by atoms with van der Waals surface area (Å²) < 4.78 is 52.5. The maximum atomic E-state index is 13.5. The summed E-state index contributed by atoms with van der Waals surface area (Å²) in [6, 6.07) is 8.01. The van der Waals surface area contributed by atoms with Gasteiger partial charge in [0.25, 0.3) is 0 Å². The molecular formula is C20H22F2N2O2S. The zero-order valence-electron chi connectivity index (χ0n) is 15.1. The molecule has 0 spiro atoms. The molecule has 2 aromatic rings. The molecular weight excluding hydrogens is 370 g/mol. The normalized spacial score (nSPS) is 22.6. The molecule has 1 saturated heterocycles. The van der Waals surface area contributed by atoms with Crippen LogP contribution in [0.2, 0.25) is 0 Å². The third kappa shape index (κ3) is 3.23. The van der Waals surface area contributed by atoms with E-state index in [-0.39, 0.29) is 15.7 Å². The summed E-state index contributed by atoms with van der Waals surface area (Å²) in [6.45, 7) is 5.17. The standard InChI is InChI=1S/C20H22F2N2O2S/c1-2-24-9-7-15-16-11-13(4-6-19(16)23-20(15)8-10-24)27(25,26)14-3-5-17(21)18(22)12-14/h3-6,11-12,15,20,23H,2,7-10H2,1H3/t15-,20-/m1/s1. The van der Waals surface area contributed by atoms with Crippen molar-refractivity contribution in [3.63, 3.8) is 0 Å². The van der Waals surface area contributed by atoms with Gasteiger partial charge in [-0.3, -0.25) is 0 Å². The van der Waals surface area contributed by atoms with E-state index in [0.717, 1.165) is 61.9 Å². The lowest BCUT2D eigenvalue weighted by Crippen LogP contribution is -2.25. The molecule has 0 saturated carbocycles. The van der Waals surface area contributed by atoms with Crippen molar-refractivity contribution < 1.29 is 17.2 Å². The van der Waals surface area contributed by atoms with Crippen LogP contribution in [0.25, 0.3) is 0 Å². The number of halogens is 2. The molecule has 0 radical (unpaired) electrons. The molecule has 2 aliphatic heterocycles. The van der Waals surface area contributed by atoms with Crippen molar-refractivity contribution in [2.24, 2.45) is 0 Å². The summed E-state index contributed by atoms with van der Waals surface area (Å²) in [6.07, 6.45) is 1.98. The maximum Gasteiger partial charge on any atom is 0.206 e.